The summed E-state index contributed by atoms with van der Waals surface area (Å²) in [5.41, 5.74) is 0. The Balaban J connectivity index is 2.14. The number of hydrogen-bond donors (Lipinski definition) is 0. The highest BCUT2D eigenvalue weighted by Crippen LogP contribution is 2.43. The van der Waals surface area contributed by atoms with Crippen molar-refractivity contribution < 1.29 is 9.53 Å². The van der Waals surface area contributed by atoms with Gasteiger partial charge in [0.15, 0.2) is 0 Å². The van der Waals surface area contributed by atoms with E-state index in [0.717, 1.165) is 5.92 Å². The molecule has 12 heavy (non-hydrogen) atoms. The number of ether oxygens (including phenoxy) is 1. The van der Waals surface area contributed by atoms with Crippen molar-refractivity contribution in [3.63, 3.8) is 0 Å². The van der Waals surface area contributed by atoms with Gasteiger partial charge in [0.1, 0.15) is 0 Å². The summed E-state index contributed by atoms with van der Waals surface area (Å²) in [4.78, 5) is 11.2. The predicted octanol–water partition coefficient (Wildman–Crippen LogP) is 1.84. The second kappa shape index (κ2) is 2.75. The Morgan fingerprint density at radius 2 is 2.00 bits per heavy atom. The van der Waals surface area contributed by atoms with Gasteiger partial charge in [-0.15, -0.1) is 0 Å². The van der Waals surface area contributed by atoms with Gasteiger partial charge in [-0.25, -0.2) is 0 Å². The summed E-state index contributed by atoms with van der Waals surface area (Å²) in [6, 6.07) is 0. The number of hydrogen-bond acceptors (Lipinski definition) is 2. The third kappa shape index (κ3) is 1.05. The molecule has 0 aromatic heterocycles. The number of carbonyl (C=O) groups excluding carboxylic acids is 1. The Hall–Kier alpha value is -0.530. The molecule has 1 saturated carbocycles. The molecule has 0 radical (unpaired) electrons. The van der Waals surface area contributed by atoms with Crippen molar-refractivity contribution in [2.75, 3.05) is 6.61 Å². The standard InChI is InChI=1S/C10H16O2/c1-6-3-4-8-7(2)10(11)12-5-9(6)8/h6-9H,3-5H2,1-2H3/t6-,7+,8+,9+/m1/s1. The van der Waals surface area contributed by atoms with Crippen LogP contribution in [0, 0.1) is 23.7 Å². The van der Waals surface area contributed by atoms with Gasteiger partial charge in [-0.05, 0) is 24.2 Å². The van der Waals surface area contributed by atoms with E-state index in [1.807, 2.05) is 6.92 Å². The van der Waals surface area contributed by atoms with Gasteiger partial charge < -0.3 is 4.74 Å². The summed E-state index contributed by atoms with van der Waals surface area (Å²) < 4.78 is 5.14. The lowest BCUT2D eigenvalue weighted by molar-refractivity contribution is -0.159. The SMILES string of the molecule is C[C@@H]1CC[C@@H]2[C@H]1COC(=O)[C@H]2C. The minimum Gasteiger partial charge on any atom is -0.465 e. The van der Waals surface area contributed by atoms with Crippen LogP contribution in [0.1, 0.15) is 26.7 Å². The molecule has 1 aliphatic heterocycles. The van der Waals surface area contributed by atoms with Crippen LogP contribution in [0.2, 0.25) is 0 Å². The van der Waals surface area contributed by atoms with E-state index in [9.17, 15) is 4.79 Å². The maximum atomic E-state index is 11.2. The summed E-state index contributed by atoms with van der Waals surface area (Å²) in [5.74, 6) is 2.18. The number of esters is 1. The lowest BCUT2D eigenvalue weighted by atomic mass is 9.81. The molecule has 0 N–H and O–H groups in total. The number of carbonyl (C=O) groups is 1. The van der Waals surface area contributed by atoms with E-state index in [0.29, 0.717) is 18.4 Å². The second-order valence-corrected chi connectivity index (χ2v) is 4.30. The molecule has 1 aliphatic carbocycles. The minimum atomic E-state index is 0.0188. The smallest absolute Gasteiger partial charge is 0.308 e. The topological polar surface area (TPSA) is 26.3 Å². The molecule has 0 aromatic rings. The molecular weight excluding hydrogens is 152 g/mol. The first kappa shape index (κ1) is 8.09. The quantitative estimate of drug-likeness (QED) is 0.516. The Morgan fingerprint density at radius 3 is 2.75 bits per heavy atom. The Labute approximate surface area is 73.3 Å². The van der Waals surface area contributed by atoms with Crippen molar-refractivity contribution >= 4 is 5.97 Å². The maximum absolute atomic E-state index is 11.2. The van der Waals surface area contributed by atoms with Crippen LogP contribution in [0.4, 0.5) is 0 Å². The number of rotatable bonds is 0. The van der Waals surface area contributed by atoms with Crippen LogP contribution in [0.25, 0.3) is 0 Å². The fourth-order valence-electron chi connectivity index (χ4n) is 2.70. The van der Waals surface area contributed by atoms with Crippen LogP contribution in [-0.2, 0) is 9.53 Å². The van der Waals surface area contributed by atoms with E-state index in [1.54, 1.807) is 0 Å². The molecule has 2 nitrogen and oxygen atoms in total. The lowest BCUT2D eigenvalue weighted by Gasteiger charge is -2.31. The molecule has 2 heteroatoms. The van der Waals surface area contributed by atoms with E-state index in [-0.39, 0.29) is 11.9 Å². The third-order valence-corrected chi connectivity index (χ3v) is 3.67. The average Bonchev–Trinajstić information content (AvgIpc) is 2.41. The Morgan fingerprint density at radius 1 is 1.25 bits per heavy atom. The predicted molar refractivity (Wildman–Crippen MR) is 45.5 cm³/mol. The van der Waals surface area contributed by atoms with Gasteiger partial charge in [0.2, 0.25) is 0 Å². The second-order valence-electron chi connectivity index (χ2n) is 4.30. The van der Waals surface area contributed by atoms with Gasteiger partial charge >= 0.3 is 5.97 Å². The van der Waals surface area contributed by atoms with E-state index in [1.165, 1.54) is 12.8 Å². The molecular formula is C10H16O2. The van der Waals surface area contributed by atoms with Crippen LogP contribution in [0.15, 0.2) is 0 Å². The molecule has 1 saturated heterocycles. The molecule has 0 bridgehead atoms. The van der Waals surface area contributed by atoms with Crippen LogP contribution < -0.4 is 0 Å². The number of cyclic esters (lactones) is 1. The van der Waals surface area contributed by atoms with Gasteiger partial charge in [-0.1, -0.05) is 20.3 Å². The van der Waals surface area contributed by atoms with Crippen molar-refractivity contribution in [1.29, 1.82) is 0 Å². The van der Waals surface area contributed by atoms with E-state index >= 15 is 0 Å². The van der Waals surface area contributed by atoms with Gasteiger partial charge in [-0.3, -0.25) is 4.79 Å². The minimum absolute atomic E-state index is 0.0188. The molecule has 0 unspecified atom stereocenters. The molecule has 68 valence electrons. The van der Waals surface area contributed by atoms with Crippen molar-refractivity contribution in [2.24, 2.45) is 23.7 Å². The van der Waals surface area contributed by atoms with Crippen LogP contribution in [0.5, 0.6) is 0 Å². The van der Waals surface area contributed by atoms with Crippen molar-refractivity contribution in [1.82, 2.24) is 0 Å². The molecule has 4 atom stereocenters. The van der Waals surface area contributed by atoms with Crippen molar-refractivity contribution in [2.45, 2.75) is 26.7 Å². The first-order valence-corrected chi connectivity index (χ1v) is 4.87. The van der Waals surface area contributed by atoms with Crippen LogP contribution in [-0.4, -0.2) is 12.6 Å². The van der Waals surface area contributed by atoms with Crippen molar-refractivity contribution in [3.05, 3.63) is 0 Å². The monoisotopic (exact) mass is 168 g/mol. The van der Waals surface area contributed by atoms with E-state index in [4.69, 9.17) is 4.74 Å². The normalized spacial score (nSPS) is 47.0. The van der Waals surface area contributed by atoms with Gasteiger partial charge in [-0.2, -0.15) is 0 Å². The van der Waals surface area contributed by atoms with Crippen LogP contribution in [0.3, 0.4) is 0 Å². The van der Waals surface area contributed by atoms with E-state index in [2.05, 4.69) is 6.92 Å². The zero-order valence-corrected chi connectivity index (χ0v) is 7.75. The molecule has 1 heterocycles. The molecule has 2 aliphatic rings. The Bertz CT molecular complexity index is 200. The summed E-state index contributed by atoms with van der Waals surface area (Å²) >= 11 is 0. The largest absolute Gasteiger partial charge is 0.465 e. The fraction of sp³-hybridized carbons (Fsp3) is 0.900. The maximum Gasteiger partial charge on any atom is 0.308 e. The fourth-order valence-corrected chi connectivity index (χ4v) is 2.70. The summed E-state index contributed by atoms with van der Waals surface area (Å²) in [6.07, 6.45) is 2.50. The lowest BCUT2D eigenvalue weighted by Crippen LogP contribution is -2.36. The summed E-state index contributed by atoms with van der Waals surface area (Å²) in [6.45, 7) is 4.96. The highest BCUT2D eigenvalue weighted by molar-refractivity contribution is 5.73. The first-order chi connectivity index (χ1) is 5.70. The molecule has 2 rings (SSSR count). The third-order valence-electron chi connectivity index (χ3n) is 3.67. The van der Waals surface area contributed by atoms with Gasteiger partial charge in [0.05, 0.1) is 12.5 Å². The van der Waals surface area contributed by atoms with Gasteiger partial charge in [0, 0.05) is 0 Å². The van der Waals surface area contributed by atoms with Crippen molar-refractivity contribution in [3.8, 4) is 0 Å². The van der Waals surface area contributed by atoms with E-state index < -0.39 is 0 Å². The molecule has 0 spiro atoms. The average molecular weight is 168 g/mol. The summed E-state index contributed by atoms with van der Waals surface area (Å²) in [5, 5.41) is 0. The number of fused-ring (bicyclic) bond motifs is 1. The summed E-state index contributed by atoms with van der Waals surface area (Å²) in [7, 11) is 0. The zero-order chi connectivity index (χ0) is 8.72. The highest BCUT2D eigenvalue weighted by Gasteiger charge is 2.43. The zero-order valence-electron chi connectivity index (χ0n) is 7.75. The first-order valence-electron chi connectivity index (χ1n) is 4.87. The molecule has 2 fully saturated rings. The Kier molecular flexibility index (Phi) is 1.85. The van der Waals surface area contributed by atoms with Crippen LogP contribution >= 0.6 is 0 Å². The molecule has 0 aromatic carbocycles. The van der Waals surface area contributed by atoms with Gasteiger partial charge in [0.25, 0.3) is 0 Å². The highest BCUT2D eigenvalue weighted by atomic mass is 16.5. The molecule has 0 amide bonds.